The molecule has 0 aromatic carbocycles. The quantitative estimate of drug-likeness (QED) is 0.150. The van der Waals surface area contributed by atoms with Crippen molar-refractivity contribution in [2.45, 2.75) is 147 Å². The van der Waals surface area contributed by atoms with Crippen molar-refractivity contribution in [3.05, 3.63) is 0 Å². The Bertz CT molecular complexity index is 436. The van der Waals surface area contributed by atoms with Gasteiger partial charge >= 0.3 is 0 Å². The maximum Gasteiger partial charge on any atom is 0.294 e. The minimum Gasteiger partial charge on any atom is -0.372 e. The summed E-state index contributed by atoms with van der Waals surface area (Å²) in [5.74, 6) is 0. The van der Waals surface area contributed by atoms with Crippen molar-refractivity contribution in [3.63, 3.8) is 0 Å². The van der Waals surface area contributed by atoms with Crippen LogP contribution in [0.1, 0.15) is 142 Å². The van der Waals surface area contributed by atoms with E-state index in [1.54, 1.807) is 0 Å². The molecule has 0 amide bonds. The van der Waals surface area contributed by atoms with Gasteiger partial charge < -0.3 is 5.11 Å². The molecule has 0 fully saturated rings. The monoisotopic (exact) mass is 420 g/mol. The van der Waals surface area contributed by atoms with E-state index in [9.17, 15) is 18.1 Å². The summed E-state index contributed by atoms with van der Waals surface area (Å²) in [5.41, 5.74) is 0. The van der Waals surface area contributed by atoms with Crippen LogP contribution in [0.25, 0.3) is 0 Å². The summed E-state index contributed by atoms with van der Waals surface area (Å²) >= 11 is 0. The molecule has 0 aliphatic heterocycles. The highest BCUT2D eigenvalue weighted by molar-refractivity contribution is 7.87. The second-order valence-corrected chi connectivity index (χ2v) is 10.3. The summed E-state index contributed by atoms with van der Waals surface area (Å²) in [6.45, 7) is 4.42. The molecule has 0 radical (unpaired) electrons. The predicted molar refractivity (Wildman–Crippen MR) is 120 cm³/mol. The molecule has 4 nitrogen and oxygen atoms in total. The third-order valence-electron chi connectivity index (χ3n) is 5.82. The maximum absolute atomic E-state index is 11.7. The Hall–Kier alpha value is -0.130. The number of aliphatic hydroxyl groups is 1. The van der Waals surface area contributed by atoms with Gasteiger partial charge in [0.2, 0.25) is 0 Å². The molecule has 0 saturated carbocycles. The lowest BCUT2D eigenvalue weighted by molar-refractivity contribution is 0.0884. The first-order chi connectivity index (χ1) is 13.4. The lowest BCUT2D eigenvalue weighted by atomic mass is 10.0. The Labute approximate surface area is 175 Å². The number of rotatable bonds is 21. The first kappa shape index (κ1) is 27.9. The highest BCUT2D eigenvalue weighted by Gasteiger charge is 2.39. The highest BCUT2D eigenvalue weighted by Crippen LogP contribution is 2.28. The van der Waals surface area contributed by atoms with Gasteiger partial charge in [-0.2, -0.15) is 8.42 Å². The lowest BCUT2D eigenvalue weighted by Gasteiger charge is -2.24. The fourth-order valence-corrected chi connectivity index (χ4v) is 4.61. The molecule has 0 saturated heterocycles. The van der Waals surface area contributed by atoms with Gasteiger partial charge in [0.05, 0.1) is 0 Å². The van der Waals surface area contributed by atoms with E-state index in [1.165, 1.54) is 70.6 Å². The molecular formula is C23H48O4S. The standard InChI is InChI=1S/C23H48O4S/c1-3-5-7-9-11-12-13-14-16-18-20-22-23(24,28(25,26)27)21-19-17-15-10-8-6-4-2/h24H,3-22H2,1-2H3,(H,25,26,27). The fraction of sp³-hybridized carbons (Fsp3) is 1.00. The molecule has 0 heterocycles. The fourth-order valence-electron chi connectivity index (χ4n) is 3.81. The molecule has 0 aliphatic rings. The van der Waals surface area contributed by atoms with Crippen LogP contribution in [-0.2, 0) is 10.1 Å². The molecule has 28 heavy (non-hydrogen) atoms. The molecule has 170 valence electrons. The van der Waals surface area contributed by atoms with Crippen molar-refractivity contribution >= 4 is 10.1 Å². The minimum atomic E-state index is -4.42. The molecule has 0 aromatic heterocycles. The molecule has 0 aromatic rings. The van der Waals surface area contributed by atoms with Crippen molar-refractivity contribution in [2.24, 2.45) is 0 Å². The normalized spacial score (nSPS) is 14.3. The van der Waals surface area contributed by atoms with Gasteiger partial charge in [-0.25, -0.2) is 0 Å². The van der Waals surface area contributed by atoms with Gasteiger partial charge in [-0.15, -0.1) is 0 Å². The maximum atomic E-state index is 11.7. The molecule has 1 atom stereocenters. The summed E-state index contributed by atoms with van der Waals surface area (Å²) in [5, 5.41) is 10.5. The van der Waals surface area contributed by atoms with E-state index in [4.69, 9.17) is 0 Å². The van der Waals surface area contributed by atoms with Crippen LogP contribution < -0.4 is 0 Å². The van der Waals surface area contributed by atoms with Gasteiger partial charge in [0.1, 0.15) is 0 Å². The lowest BCUT2D eigenvalue weighted by Crippen LogP contribution is -2.38. The third kappa shape index (κ3) is 14.8. The van der Waals surface area contributed by atoms with E-state index in [0.29, 0.717) is 12.8 Å². The summed E-state index contributed by atoms with van der Waals surface area (Å²) in [6, 6.07) is 0. The van der Waals surface area contributed by atoms with Crippen molar-refractivity contribution in [3.8, 4) is 0 Å². The van der Waals surface area contributed by atoms with Crippen molar-refractivity contribution in [1.82, 2.24) is 0 Å². The molecule has 0 rings (SSSR count). The van der Waals surface area contributed by atoms with E-state index in [-0.39, 0.29) is 12.8 Å². The van der Waals surface area contributed by atoms with E-state index in [2.05, 4.69) is 13.8 Å². The Morgan fingerprint density at radius 2 is 0.786 bits per heavy atom. The van der Waals surface area contributed by atoms with Crippen LogP contribution >= 0.6 is 0 Å². The average molecular weight is 421 g/mol. The largest absolute Gasteiger partial charge is 0.372 e. The van der Waals surface area contributed by atoms with Crippen molar-refractivity contribution in [2.75, 3.05) is 0 Å². The van der Waals surface area contributed by atoms with E-state index >= 15 is 0 Å². The van der Waals surface area contributed by atoms with Gasteiger partial charge in [-0.05, 0) is 25.7 Å². The summed E-state index contributed by atoms with van der Waals surface area (Å²) in [6.07, 6.45) is 20.8. The Kier molecular flexibility index (Phi) is 17.6. The summed E-state index contributed by atoms with van der Waals surface area (Å²) in [4.78, 5) is -1.95. The van der Waals surface area contributed by atoms with Crippen LogP contribution in [-0.4, -0.2) is 23.0 Å². The van der Waals surface area contributed by atoms with Gasteiger partial charge in [0, 0.05) is 0 Å². The minimum absolute atomic E-state index is 0.150. The molecule has 1 unspecified atom stereocenters. The molecule has 0 spiro atoms. The zero-order valence-electron chi connectivity index (χ0n) is 18.8. The first-order valence-electron chi connectivity index (χ1n) is 12.1. The average Bonchev–Trinajstić information content (AvgIpc) is 2.64. The number of hydrogen-bond acceptors (Lipinski definition) is 3. The molecular weight excluding hydrogens is 372 g/mol. The van der Waals surface area contributed by atoms with Crippen LogP contribution in [0.5, 0.6) is 0 Å². The van der Waals surface area contributed by atoms with Crippen LogP contribution in [0.4, 0.5) is 0 Å². The van der Waals surface area contributed by atoms with Crippen LogP contribution in [0.15, 0.2) is 0 Å². The number of hydrogen-bond donors (Lipinski definition) is 2. The zero-order chi connectivity index (χ0) is 21.1. The zero-order valence-corrected chi connectivity index (χ0v) is 19.6. The Morgan fingerprint density at radius 3 is 1.04 bits per heavy atom. The molecule has 0 aliphatic carbocycles. The predicted octanol–water partition coefficient (Wildman–Crippen LogP) is 7.40. The van der Waals surface area contributed by atoms with E-state index in [1.807, 2.05) is 0 Å². The molecule has 5 heteroatoms. The van der Waals surface area contributed by atoms with Crippen LogP contribution in [0.3, 0.4) is 0 Å². The smallest absolute Gasteiger partial charge is 0.294 e. The summed E-state index contributed by atoms with van der Waals surface area (Å²) < 4.78 is 32.8. The van der Waals surface area contributed by atoms with E-state index < -0.39 is 15.1 Å². The molecule has 2 N–H and O–H groups in total. The van der Waals surface area contributed by atoms with Gasteiger partial charge in [-0.1, -0.05) is 117 Å². The highest BCUT2D eigenvalue weighted by atomic mass is 32.2. The van der Waals surface area contributed by atoms with Crippen LogP contribution in [0, 0.1) is 0 Å². The van der Waals surface area contributed by atoms with E-state index in [0.717, 1.165) is 32.1 Å². The van der Waals surface area contributed by atoms with Gasteiger partial charge in [0.15, 0.2) is 4.93 Å². The topological polar surface area (TPSA) is 74.6 Å². The van der Waals surface area contributed by atoms with Crippen molar-refractivity contribution in [1.29, 1.82) is 0 Å². The SMILES string of the molecule is CCCCCCCCCCCCCC(O)(CCCCCCCCC)S(=O)(=O)O. The first-order valence-corrected chi connectivity index (χ1v) is 13.5. The van der Waals surface area contributed by atoms with Crippen molar-refractivity contribution < 1.29 is 18.1 Å². The summed E-state index contributed by atoms with van der Waals surface area (Å²) in [7, 11) is -4.42. The second kappa shape index (κ2) is 17.7. The second-order valence-electron chi connectivity index (χ2n) is 8.58. The van der Waals surface area contributed by atoms with Gasteiger partial charge in [0.25, 0.3) is 10.1 Å². The third-order valence-corrected chi connectivity index (χ3v) is 7.19. The molecule has 0 bridgehead atoms. The van der Waals surface area contributed by atoms with Gasteiger partial charge in [-0.3, -0.25) is 4.55 Å². The Morgan fingerprint density at radius 1 is 0.536 bits per heavy atom. The van der Waals surface area contributed by atoms with Crippen LogP contribution in [0.2, 0.25) is 0 Å². The Balaban J connectivity index is 3.85. The number of unbranched alkanes of at least 4 members (excludes halogenated alkanes) is 16.